The molecule has 0 amide bonds. The van der Waals surface area contributed by atoms with Gasteiger partial charge in [0.1, 0.15) is 12.4 Å². The Kier molecular flexibility index (Phi) is 4.55. The van der Waals surface area contributed by atoms with E-state index in [1.54, 1.807) is 0 Å². The van der Waals surface area contributed by atoms with Crippen molar-refractivity contribution in [2.24, 2.45) is 5.73 Å². The first kappa shape index (κ1) is 15.6. The van der Waals surface area contributed by atoms with Crippen molar-refractivity contribution in [1.82, 2.24) is 0 Å². The molecule has 1 aliphatic carbocycles. The SMILES string of the molecule is Cc1cc(C2(CN)CCC2)cc(Br)c1OCc1ccccc1. The molecule has 1 saturated carbocycles. The van der Waals surface area contributed by atoms with Crippen LogP contribution in [0.3, 0.4) is 0 Å². The average molecular weight is 360 g/mol. The summed E-state index contributed by atoms with van der Waals surface area (Å²) in [6.45, 7) is 3.42. The smallest absolute Gasteiger partial charge is 0.136 e. The van der Waals surface area contributed by atoms with Gasteiger partial charge in [-0.3, -0.25) is 0 Å². The Morgan fingerprint density at radius 1 is 1.18 bits per heavy atom. The van der Waals surface area contributed by atoms with E-state index in [4.69, 9.17) is 10.5 Å². The van der Waals surface area contributed by atoms with E-state index in [0.29, 0.717) is 6.61 Å². The standard InChI is InChI=1S/C19H22BrNO/c1-14-10-16(19(13-21)8-5-9-19)11-17(20)18(14)22-12-15-6-3-2-4-7-15/h2-4,6-7,10-11H,5,8-9,12-13,21H2,1H3. The van der Waals surface area contributed by atoms with Gasteiger partial charge >= 0.3 is 0 Å². The summed E-state index contributed by atoms with van der Waals surface area (Å²) in [7, 11) is 0. The summed E-state index contributed by atoms with van der Waals surface area (Å²) >= 11 is 3.68. The molecule has 0 spiro atoms. The molecule has 0 bridgehead atoms. The van der Waals surface area contributed by atoms with Crippen molar-refractivity contribution in [1.29, 1.82) is 0 Å². The van der Waals surface area contributed by atoms with Crippen molar-refractivity contribution in [2.75, 3.05) is 6.54 Å². The third-order valence-corrected chi connectivity index (χ3v) is 5.36. The fraction of sp³-hybridized carbons (Fsp3) is 0.368. The highest BCUT2D eigenvalue weighted by molar-refractivity contribution is 9.10. The van der Waals surface area contributed by atoms with Crippen LogP contribution < -0.4 is 10.5 Å². The van der Waals surface area contributed by atoms with Gasteiger partial charge in [0, 0.05) is 12.0 Å². The van der Waals surface area contributed by atoms with Gasteiger partial charge < -0.3 is 10.5 Å². The van der Waals surface area contributed by atoms with Gasteiger partial charge in [-0.1, -0.05) is 42.8 Å². The monoisotopic (exact) mass is 359 g/mol. The van der Waals surface area contributed by atoms with Crippen molar-refractivity contribution in [3.05, 3.63) is 63.6 Å². The molecule has 3 heteroatoms. The molecular weight excluding hydrogens is 338 g/mol. The molecule has 116 valence electrons. The molecule has 3 rings (SSSR count). The molecule has 2 nitrogen and oxygen atoms in total. The first-order chi connectivity index (χ1) is 10.6. The maximum Gasteiger partial charge on any atom is 0.136 e. The number of hydrogen-bond donors (Lipinski definition) is 1. The third kappa shape index (κ3) is 2.92. The summed E-state index contributed by atoms with van der Waals surface area (Å²) in [5.74, 6) is 0.930. The number of halogens is 1. The zero-order valence-electron chi connectivity index (χ0n) is 12.9. The molecule has 2 aromatic rings. The Hall–Kier alpha value is -1.32. The molecule has 2 aromatic carbocycles. The van der Waals surface area contributed by atoms with Crippen LogP contribution in [-0.2, 0) is 12.0 Å². The van der Waals surface area contributed by atoms with Gasteiger partial charge in [-0.25, -0.2) is 0 Å². The lowest BCUT2D eigenvalue weighted by Gasteiger charge is -2.42. The van der Waals surface area contributed by atoms with E-state index < -0.39 is 0 Å². The number of benzene rings is 2. The van der Waals surface area contributed by atoms with Crippen molar-refractivity contribution in [3.8, 4) is 5.75 Å². The van der Waals surface area contributed by atoms with E-state index >= 15 is 0 Å². The molecule has 0 aliphatic heterocycles. The minimum absolute atomic E-state index is 0.186. The second-order valence-electron chi connectivity index (χ2n) is 6.22. The Bertz CT molecular complexity index is 621. The summed E-state index contributed by atoms with van der Waals surface area (Å²) in [4.78, 5) is 0. The highest BCUT2D eigenvalue weighted by Gasteiger charge is 2.37. The number of nitrogens with two attached hydrogens (primary N) is 1. The molecule has 1 fully saturated rings. The summed E-state index contributed by atoms with van der Waals surface area (Å²) in [6, 6.07) is 14.7. The fourth-order valence-corrected chi connectivity index (χ4v) is 3.84. The molecule has 0 unspecified atom stereocenters. The number of hydrogen-bond acceptors (Lipinski definition) is 2. The van der Waals surface area contributed by atoms with Crippen LogP contribution >= 0.6 is 15.9 Å². The van der Waals surface area contributed by atoms with Crippen LogP contribution in [0.15, 0.2) is 46.9 Å². The molecule has 0 atom stereocenters. The van der Waals surface area contributed by atoms with Crippen LogP contribution in [0.4, 0.5) is 0 Å². The van der Waals surface area contributed by atoms with Crippen LogP contribution in [0.5, 0.6) is 5.75 Å². The lowest BCUT2D eigenvalue weighted by Crippen LogP contribution is -2.41. The first-order valence-electron chi connectivity index (χ1n) is 7.82. The van der Waals surface area contributed by atoms with E-state index in [-0.39, 0.29) is 5.41 Å². The Morgan fingerprint density at radius 3 is 2.45 bits per heavy atom. The maximum absolute atomic E-state index is 6.03. The predicted octanol–water partition coefficient (Wildman–Crippen LogP) is 4.72. The highest BCUT2D eigenvalue weighted by Crippen LogP contribution is 2.45. The molecule has 0 radical (unpaired) electrons. The summed E-state index contributed by atoms with van der Waals surface area (Å²) in [5, 5.41) is 0. The quantitative estimate of drug-likeness (QED) is 0.838. The van der Waals surface area contributed by atoms with Gasteiger partial charge in [0.2, 0.25) is 0 Å². The zero-order valence-corrected chi connectivity index (χ0v) is 14.5. The van der Waals surface area contributed by atoms with Crippen LogP contribution in [0.2, 0.25) is 0 Å². The first-order valence-corrected chi connectivity index (χ1v) is 8.61. The van der Waals surface area contributed by atoms with Crippen molar-refractivity contribution < 1.29 is 4.74 Å². The topological polar surface area (TPSA) is 35.2 Å². The zero-order chi connectivity index (χ0) is 15.6. The predicted molar refractivity (Wildman–Crippen MR) is 94.2 cm³/mol. The number of rotatable bonds is 5. The van der Waals surface area contributed by atoms with E-state index in [2.05, 4.69) is 47.1 Å². The maximum atomic E-state index is 6.03. The summed E-state index contributed by atoms with van der Waals surface area (Å²) in [6.07, 6.45) is 3.67. The van der Waals surface area contributed by atoms with Crippen molar-refractivity contribution in [3.63, 3.8) is 0 Å². The number of ether oxygens (including phenoxy) is 1. The Morgan fingerprint density at radius 2 is 1.91 bits per heavy atom. The second-order valence-corrected chi connectivity index (χ2v) is 7.07. The van der Waals surface area contributed by atoms with E-state index in [1.165, 1.54) is 36.0 Å². The summed E-state index contributed by atoms with van der Waals surface area (Å²) < 4.78 is 7.05. The van der Waals surface area contributed by atoms with Crippen LogP contribution in [-0.4, -0.2) is 6.54 Å². The van der Waals surface area contributed by atoms with Crippen molar-refractivity contribution in [2.45, 2.75) is 38.2 Å². The van der Waals surface area contributed by atoms with Crippen molar-refractivity contribution >= 4 is 15.9 Å². The van der Waals surface area contributed by atoms with Gasteiger partial charge in [0.25, 0.3) is 0 Å². The highest BCUT2D eigenvalue weighted by atomic mass is 79.9. The largest absolute Gasteiger partial charge is 0.487 e. The minimum atomic E-state index is 0.186. The van der Waals surface area contributed by atoms with E-state index in [9.17, 15) is 0 Å². The van der Waals surface area contributed by atoms with E-state index in [0.717, 1.165) is 16.8 Å². The van der Waals surface area contributed by atoms with Crippen LogP contribution in [0.25, 0.3) is 0 Å². The number of aryl methyl sites for hydroxylation is 1. The lowest BCUT2D eigenvalue weighted by atomic mass is 9.64. The molecule has 1 aliphatic rings. The molecule has 0 saturated heterocycles. The molecule has 0 aromatic heterocycles. The van der Waals surface area contributed by atoms with Crippen LogP contribution in [0.1, 0.15) is 36.0 Å². The van der Waals surface area contributed by atoms with Gasteiger partial charge in [-0.2, -0.15) is 0 Å². The van der Waals surface area contributed by atoms with Gasteiger partial charge in [-0.05, 0) is 58.5 Å². The van der Waals surface area contributed by atoms with Gasteiger partial charge in [-0.15, -0.1) is 0 Å². The van der Waals surface area contributed by atoms with E-state index in [1.807, 2.05) is 18.2 Å². The minimum Gasteiger partial charge on any atom is -0.487 e. The second kappa shape index (κ2) is 6.43. The Labute approximate surface area is 140 Å². The normalized spacial score (nSPS) is 16.1. The molecule has 22 heavy (non-hydrogen) atoms. The molecule has 2 N–H and O–H groups in total. The third-order valence-electron chi connectivity index (χ3n) is 4.77. The summed E-state index contributed by atoms with van der Waals surface area (Å²) in [5.41, 5.74) is 9.90. The Balaban J connectivity index is 1.81. The lowest BCUT2D eigenvalue weighted by molar-refractivity contribution is 0.252. The van der Waals surface area contributed by atoms with Gasteiger partial charge in [0.15, 0.2) is 0 Å². The van der Waals surface area contributed by atoms with Crippen LogP contribution in [0, 0.1) is 6.92 Å². The fourth-order valence-electron chi connectivity index (χ4n) is 3.16. The average Bonchev–Trinajstić information content (AvgIpc) is 2.47. The van der Waals surface area contributed by atoms with Gasteiger partial charge in [0.05, 0.1) is 4.47 Å². The molecular formula is C19H22BrNO. The molecule has 0 heterocycles.